The summed E-state index contributed by atoms with van der Waals surface area (Å²) in [5, 5.41) is 10.9. The van der Waals surface area contributed by atoms with Crippen molar-refractivity contribution in [3.05, 3.63) is 24.0 Å². The van der Waals surface area contributed by atoms with E-state index in [4.69, 9.17) is 5.11 Å². The van der Waals surface area contributed by atoms with Crippen LogP contribution in [0, 0.1) is 0 Å². The summed E-state index contributed by atoms with van der Waals surface area (Å²) in [4.78, 5) is 14.9. The van der Waals surface area contributed by atoms with Gasteiger partial charge < -0.3 is 10.1 Å². The van der Waals surface area contributed by atoms with Gasteiger partial charge in [-0.25, -0.2) is 15.2 Å². The number of carboxylic acids is 1. The van der Waals surface area contributed by atoms with Crippen molar-refractivity contribution in [2.45, 2.75) is 19.3 Å². The Hall–Kier alpha value is -1.62. The number of carbonyl (C=O) groups is 1. The lowest BCUT2D eigenvalue weighted by atomic mass is 10.2. The average molecular weight is 221 g/mol. The minimum absolute atomic E-state index is 0.108. The predicted molar refractivity (Wildman–Crippen MR) is 60.4 cm³/mol. The third-order valence-corrected chi connectivity index (χ3v) is 2.64. The maximum absolute atomic E-state index is 11.0. The summed E-state index contributed by atoms with van der Waals surface area (Å²) in [6.45, 7) is 1.71. The highest BCUT2D eigenvalue weighted by atomic mass is 16.4. The van der Waals surface area contributed by atoms with Gasteiger partial charge >= 0.3 is 5.97 Å². The van der Waals surface area contributed by atoms with Gasteiger partial charge in [-0.2, -0.15) is 0 Å². The van der Waals surface area contributed by atoms with Crippen molar-refractivity contribution >= 4 is 11.7 Å². The molecule has 1 saturated heterocycles. The van der Waals surface area contributed by atoms with Crippen molar-refractivity contribution < 1.29 is 9.90 Å². The first-order valence-corrected chi connectivity index (χ1v) is 5.48. The van der Waals surface area contributed by atoms with Crippen LogP contribution in [0.25, 0.3) is 0 Å². The Morgan fingerprint density at radius 1 is 1.44 bits per heavy atom. The molecule has 5 heteroatoms. The number of pyridine rings is 1. The molecule has 0 saturated carbocycles. The molecule has 0 spiro atoms. The molecule has 0 atom stereocenters. The Bertz CT molecular complexity index is 373. The zero-order valence-corrected chi connectivity index (χ0v) is 9.02. The van der Waals surface area contributed by atoms with Gasteiger partial charge in [-0.15, -0.1) is 0 Å². The fourth-order valence-corrected chi connectivity index (χ4v) is 1.85. The van der Waals surface area contributed by atoms with Crippen LogP contribution in [0.2, 0.25) is 0 Å². The topological polar surface area (TPSA) is 65.5 Å². The molecule has 5 nitrogen and oxygen atoms in total. The number of hydrazine groups is 1. The zero-order chi connectivity index (χ0) is 11.4. The van der Waals surface area contributed by atoms with E-state index in [2.05, 4.69) is 10.4 Å². The molecule has 1 aliphatic rings. The lowest BCUT2D eigenvalue weighted by Crippen LogP contribution is -2.38. The van der Waals surface area contributed by atoms with Crippen LogP contribution in [0.1, 0.15) is 29.8 Å². The highest BCUT2D eigenvalue weighted by molar-refractivity contribution is 5.91. The minimum atomic E-state index is -0.985. The Balaban J connectivity index is 2.27. The number of aromatic nitrogens is 1. The summed E-state index contributed by atoms with van der Waals surface area (Å²) in [5.74, 6) is -0.985. The molecule has 0 unspecified atom stereocenters. The molecule has 2 heterocycles. The molecule has 0 radical (unpaired) electrons. The second-order valence-electron chi connectivity index (χ2n) is 3.80. The van der Waals surface area contributed by atoms with Crippen molar-refractivity contribution in [2.24, 2.45) is 0 Å². The molecule has 0 aromatic carbocycles. The maximum Gasteiger partial charge on any atom is 0.356 e. The fraction of sp³-hybridized carbons (Fsp3) is 0.455. The van der Waals surface area contributed by atoms with E-state index >= 15 is 0 Å². The van der Waals surface area contributed by atoms with Crippen molar-refractivity contribution in [3.63, 3.8) is 0 Å². The van der Waals surface area contributed by atoms with Crippen LogP contribution < -0.4 is 10.4 Å². The first-order chi connectivity index (χ1) is 7.79. The van der Waals surface area contributed by atoms with Crippen LogP contribution in [0.15, 0.2) is 18.3 Å². The summed E-state index contributed by atoms with van der Waals surface area (Å²) in [6, 6.07) is 3.54. The van der Waals surface area contributed by atoms with Crippen LogP contribution >= 0.6 is 0 Å². The van der Waals surface area contributed by atoms with Crippen LogP contribution in [-0.4, -0.2) is 29.1 Å². The molecule has 86 valence electrons. The summed E-state index contributed by atoms with van der Waals surface area (Å²) in [7, 11) is 0. The summed E-state index contributed by atoms with van der Waals surface area (Å²) in [5.41, 5.74) is 3.98. The first kappa shape index (κ1) is 10.9. The highest BCUT2D eigenvalue weighted by Crippen LogP contribution is 2.18. The molecule has 0 amide bonds. The van der Waals surface area contributed by atoms with E-state index in [9.17, 15) is 4.79 Å². The predicted octanol–water partition coefficient (Wildman–Crippen LogP) is 1.27. The molecule has 0 aliphatic carbocycles. The SMILES string of the molecule is O=C(O)c1ncccc1N1CCCCCN1. The van der Waals surface area contributed by atoms with Gasteiger partial charge in [0.1, 0.15) is 0 Å². The van der Waals surface area contributed by atoms with Gasteiger partial charge in [0.15, 0.2) is 5.69 Å². The largest absolute Gasteiger partial charge is 0.476 e. The fourth-order valence-electron chi connectivity index (χ4n) is 1.85. The van der Waals surface area contributed by atoms with Crippen molar-refractivity contribution in [1.82, 2.24) is 10.4 Å². The van der Waals surface area contributed by atoms with E-state index in [0.717, 1.165) is 25.9 Å². The molecule has 1 aromatic rings. The second-order valence-corrected chi connectivity index (χ2v) is 3.80. The Kier molecular flexibility index (Phi) is 3.36. The van der Waals surface area contributed by atoms with E-state index < -0.39 is 5.97 Å². The highest BCUT2D eigenvalue weighted by Gasteiger charge is 2.17. The molecule has 2 rings (SSSR count). The van der Waals surface area contributed by atoms with Gasteiger partial charge in [0.05, 0.1) is 5.69 Å². The Morgan fingerprint density at radius 3 is 3.12 bits per heavy atom. The lowest BCUT2D eigenvalue weighted by molar-refractivity contribution is 0.0691. The molecule has 0 bridgehead atoms. The zero-order valence-electron chi connectivity index (χ0n) is 9.02. The smallest absolute Gasteiger partial charge is 0.356 e. The average Bonchev–Trinajstić information content (AvgIpc) is 2.57. The molecule has 1 aromatic heterocycles. The van der Waals surface area contributed by atoms with Crippen molar-refractivity contribution in [2.75, 3.05) is 18.1 Å². The van der Waals surface area contributed by atoms with Crippen LogP contribution in [0.4, 0.5) is 5.69 Å². The van der Waals surface area contributed by atoms with E-state index in [1.165, 1.54) is 12.6 Å². The van der Waals surface area contributed by atoms with E-state index in [1.807, 2.05) is 5.01 Å². The van der Waals surface area contributed by atoms with E-state index in [0.29, 0.717) is 5.69 Å². The monoisotopic (exact) mass is 221 g/mol. The number of rotatable bonds is 2. The van der Waals surface area contributed by atoms with E-state index in [1.54, 1.807) is 12.1 Å². The van der Waals surface area contributed by atoms with E-state index in [-0.39, 0.29) is 5.69 Å². The number of nitrogens with one attached hydrogen (secondary N) is 1. The molecule has 2 N–H and O–H groups in total. The number of hydrogen-bond donors (Lipinski definition) is 2. The van der Waals surface area contributed by atoms with Crippen molar-refractivity contribution in [3.8, 4) is 0 Å². The lowest BCUT2D eigenvalue weighted by Gasteiger charge is -2.24. The number of carboxylic acid groups (broad SMARTS) is 1. The van der Waals surface area contributed by atoms with Gasteiger partial charge in [-0.1, -0.05) is 6.42 Å². The van der Waals surface area contributed by atoms with Crippen LogP contribution in [0.3, 0.4) is 0 Å². The Labute approximate surface area is 94.1 Å². The molecule has 1 fully saturated rings. The quantitative estimate of drug-likeness (QED) is 0.787. The van der Waals surface area contributed by atoms with Gasteiger partial charge in [-0.3, -0.25) is 0 Å². The van der Waals surface area contributed by atoms with Crippen LogP contribution in [0.5, 0.6) is 0 Å². The third-order valence-electron chi connectivity index (χ3n) is 2.64. The minimum Gasteiger partial charge on any atom is -0.476 e. The molecule has 1 aliphatic heterocycles. The van der Waals surface area contributed by atoms with Gasteiger partial charge in [0, 0.05) is 19.3 Å². The normalized spacial score (nSPS) is 16.9. The number of hydrogen-bond acceptors (Lipinski definition) is 4. The van der Waals surface area contributed by atoms with Gasteiger partial charge in [0.25, 0.3) is 0 Å². The standard InChI is InChI=1S/C11H15N3O2/c15-11(16)10-9(5-4-6-12-10)14-8-3-1-2-7-13-14/h4-6,13H,1-3,7-8H2,(H,15,16). The van der Waals surface area contributed by atoms with Gasteiger partial charge in [0.2, 0.25) is 0 Å². The summed E-state index contributed by atoms with van der Waals surface area (Å²) >= 11 is 0. The van der Waals surface area contributed by atoms with Gasteiger partial charge in [-0.05, 0) is 25.0 Å². The summed E-state index contributed by atoms with van der Waals surface area (Å²) in [6.07, 6.45) is 4.87. The number of nitrogens with zero attached hydrogens (tertiary/aromatic N) is 2. The first-order valence-electron chi connectivity index (χ1n) is 5.48. The second kappa shape index (κ2) is 4.94. The maximum atomic E-state index is 11.0. The molecular weight excluding hydrogens is 206 g/mol. The molecular formula is C11H15N3O2. The number of aromatic carboxylic acids is 1. The molecule has 16 heavy (non-hydrogen) atoms. The Morgan fingerprint density at radius 2 is 2.31 bits per heavy atom. The summed E-state index contributed by atoms with van der Waals surface area (Å²) < 4.78 is 0. The van der Waals surface area contributed by atoms with Crippen LogP contribution in [-0.2, 0) is 0 Å². The van der Waals surface area contributed by atoms with Crippen molar-refractivity contribution in [1.29, 1.82) is 0 Å². The number of anilines is 1. The third kappa shape index (κ3) is 2.30.